The number of aryl methyl sites for hydroxylation is 1. The molecule has 4 rings (SSSR count). The van der Waals surface area contributed by atoms with Gasteiger partial charge in [0.2, 0.25) is 0 Å². The van der Waals surface area contributed by atoms with Gasteiger partial charge in [-0.2, -0.15) is 0 Å². The minimum atomic E-state index is -0.0391. The third kappa shape index (κ3) is 3.19. The van der Waals surface area contributed by atoms with E-state index in [4.69, 9.17) is 9.47 Å². The Morgan fingerprint density at radius 1 is 1.22 bits per heavy atom. The second kappa shape index (κ2) is 6.54. The lowest BCUT2D eigenvalue weighted by Gasteiger charge is -2.33. The number of likely N-dealkylation sites (tertiary alicyclic amines) is 1. The summed E-state index contributed by atoms with van der Waals surface area (Å²) in [4.78, 5) is 17.2. The molecule has 1 amide bonds. The smallest absolute Gasteiger partial charge is 0.263 e. The van der Waals surface area contributed by atoms with Gasteiger partial charge in [-0.15, -0.1) is 11.3 Å². The maximum absolute atomic E-state index is 12.8. The SMILES string of the molecule is CC1CCc2sc(C(=O)N3CCC(C4OCCO4)CC3)cc2C1. The molecule has 0 aromatic carbocycles. The zero-order chi connectivity index (χ0) is 15.8. The van der Waals surface area contributed by atoms with Crippen LogP contribution in [0.2, 0.25) is 0 Å². The van der Waals surface area contributed by atoms with E-state index in [2.05, 4.69) is 13.0 Å². The van der Waals surface area contributed by atoms with Crippen molar-refractivity contribution in [2.24, 2.45) is 11.8 Å². The average molecular weight is 335 g/mol. The molecule has 3 heterocycles. The molecule has 1 aromatic heterocycles. The number of hydrogen-bond donors (Lipinski definition) is 0. The van der Waals surface area contributed by atoms with Gasteiger partial charge in [0, 0.05) is 23.9 Å². The van der Waals surface area contributed by atoms with E-state index in [1.165, 1.54) is 16.9 Å². The molecule has 1 aromatic rings. The van der Waals surface area contributed by atoms with Gasteiger partial charge in [0.1, 0.15) is 0 Å². The predicted molar refractivity (Wildman–Crippen MR) is 89.8 cm³/mol. The molecule has 5 heteroatoms. The first-order valence-electron chi connectivity index (χ1n) is 8.85. The van der Waals surface area contributed by atoms with Crippen molar-refractivity contribution in [3.8, 4) is 0 Å². The molecule has 2 fully saturated rings. The Morgan fingerprint density at radius 3 is 2.70 bits per heavy atom. The molecule has 2 aliphatic heterocycles. The molecular formula is C18H25NO3S. The highest BCUT2D eigenvalue weighted by Crippen LogP contribution is 2.33. The summed E-state index contributed by atoms with van der Waals surface area (Å²) >= 11 is 1.72. The molecule has 1 unspecified atom stereocenters. The standard InChI is InChI=1S/C18H25NO3S/c1-12-2-3-15-14(10-12)11-16(23-15)17(20)19-6-4-13(5-7-19)18-21-8-9-22-18/h11-13,18H,2-10H2,1H3. The summed E-state index contributed by atoms with van der Waals surface area (Å²) < 4.78 is 11.2. The molecule has 3 aliphatic rings. The molecule has 0 N–H and O–H groups in total. The molecule has 2 saturated heterocycles. The predicted octanol–water partition coefficient (Wildman–Crippen LogP) is 3.10. The second-order valence-electron chi connectivity index (χ2n) is 7.15. The lowest BCUT2D eigenvalue weighted by Crippen LogP contribution is -2.41. The Kier molecular flexibility index (Phi) is 4.43. The zero-order valence-corrected chi connectivity index (χ0v) is 14.6. The molecule has 4 nitrogen and oxygen atoms in total. The zero-order valence-electron chi connectivity index (χ0n) is 13.8. The van der Waals surface area contributed by atoms with Crippen LogP contribution in [0.25, 0.3) is 0 Å². The molecule has 23 heavy (non-hydrogen) atoms. The summed E-state index contributed by atoms with van der Waals surface area (Å²) in [5, 5.41) is 0. The summed E-state index contributed by atoms with van der Waals surface area (Å²) in [5.41, 5.74) is 1.42. The molecule has 1 aliphatic carbocycles. The molecule has 0 saturated carbocycles. The van der Waals surface area contributed by atoms with E-state index in [1.807, 2.05) is 4.90 Å². The Hall–Kier alpha value is -0.910. The summed E-state index contributed by atoms with van der Waals surface area (Å²) in [5.74, 6) is 1.42. The molecule has 0 bridgehead atoms. The minimum absolute atomic E-state index is 0.0391. The Bertz CT molecular complexity index is 571. The average Bonchev–Trinajstić information content (AvgIpc) is 3.23. The van der Waals surface area contributed by atoms with Gasteiger partial charge in [0.15, 0.2) is 6.29 Å². The number of carbonyl (C=O) groups excluding carboxylic acids is 1. The third-order valence-corrected chi connectivity index (χ3v) is 6.62. The van der Waals surface area contributed by atoms with Crippen molar-refractivity contribution < 1.29 is 14.3 Å². The van der Waals surface area contributed by atoms with Crippen LogP contribution in [0.15, 0.2) is 6.07 Å². The van der Waals surface area contributed by atoms with Gasteiger partial charge in [-0.3, -0.25) is 4.79 Å². The van der Waals surface area contributed by atoms with E-state index in [-0.39, 0.29) is 12.2 Å². The number of rotatable bonds is 2. The summed E-state index contributed by atoms with van der Waals surface area (Å²) in [6, 6.07) is 2.16. The van der Waals surface area contributed by atoms with E-state index in [9.17, 15) is 4.79 Å². The second-order valence-corrected chi connectivity index (χ2v) is 8.28. The maximum atomic E-state index is 12.8. The van der Waals surface area contributed by atoms with Crippen LogP contribution in [-0.2, 0) is 22.3 Å². The third-order valence-electron chi connectivity index (χ3n) is 5.40. The lowest BCUT2D eigenvalue weighted by molar-refractivity contribution is -0.0955. The van der Waals surface area contributed by atoms with Crippen molar-refractivity contribution in [3.63, 3.8) is 0 Å². The number of amides is 1. The number of carbonyl (C=O) groups is 1. The highest BCUT2D eigenvalue weighted by molar-refractivity contribution is 7.14. The largest absolute Gasteiger partial charge is 0.350 e. The van der Waals surface area contributed by atoms with Crippen molar-refractivity contribution in [2.45, 2.75) is 45.3 Å². The van der Waals surface area contributed by atoms with Gasteiger partial charge < -0.3 is 14.4 Å². The monoisotopic (exact) mass is 335 g/mol. The summed E-state index contributed by atoms with van der Waals surface area (Å²) in [7, 11) is 0. The first-order valence-corrected chi connectivity index (χ1v) is 9.66. The van der Waals surface area contributed by atoms with Gasteiger partial charge >= 0.3 is 0 Å². The first-order chi connectivity index (χ1) is 11.2. The van der Waals surface area contributed by atoms with Crippen LogP contribution in [0.5, 0.6) is 0 Å². The van der Waals surface area contributed by atoms with Crippen LogP contribution in [0.1, 0.15) is 46.3 Å². The fourth-order valence-electron chi connectivity index (χ4n) is 3.99. The van der Waals surface area contributed by atoms with Crippen LogP contribution in [0, 0.1) is 11.8 Å². The summed E-state index contributed by atoms with van der Waals surface area (Å²) in [6.45, 7) is 5.38. The van der Waals surface area contributed by atoms with Gasteiger partial charge in [0.25, 0.3) is 5.91 Å². The maximum Gasteiger partial charge on any atom is 0.263 e. The van der Waals surface area contributed by atoms with Gasteiger partial charge in [-0.05, 0) is 49.7 Å². The molecule has 1 atom stereocenters. The lowest BCUT2D eigenvalue weighted by atomic mass is 9.90. The Balaban J connectivity index is 1.38. The number of fused-ring (bicyclic) bond motifs is 1. The highest BCUT2D eigenvalue weighted by atomic mass is 32.1. The van der Waals surface area contributed by atoms with Crippen molar-refractivity contribution in [2.75, 3.05) is 26.3 Å². The van der Waals surface area contributed by atoms with Crippen molar-refractivity contribution in [1.82, 2.24) is 4.90 Å². The van der Waals surface area contributed by atoms with Crippen LogP contribution < -0.4 is 0 Å². The van der Waals surface area contributed by atoms with Crippen molar-refractivity contribution in [3.05, 3.63) is 21.4 Å². The molecule has 0 radical (unpaired) electrons. The Morgan fingerprint density at radius 2 is 1.96 bits per heavy atom. The van der Waals surface area contributed by atoms with E-state index in [1.54, 1.807) is 11.3 Å². The van der Waals surface area contributed by atoms with Crippen molar-refractivity contribution >= 4 is 17.2 Å². The van der Waals surface area contributed by atoms with E-state index >= 15 is 0 Å². The normalized spacial score (nSPS) is 26.5. The minimum Gasteiger partial charge on any atom is -0.350 e. The molecule has 126 valence electrons. The fraction of sp³-hybridized carbons (Fsp3) is 0.722. The van der Waals surface area contributed by atoms with E-state index < -0.39 is 0 Å². The fourth-order valence-corrected chi connectivity index (χ4v) is 5.17. The highest BCUT2D eigenvalue weighted by Gasteiger charge is 2.32. The number of ether oxygens (including phenoxy) is 2. The van der Waals surface area contributed by atoms with Gasteiger partial charge in [0.05, 0.1) is 18.1 Å². The number of hydrogen-bond acceptors (Lipinski definition) is 4. The van der Waals surface area contributed by atoms with Gasteiger partial charge in [-0.25, -0.2) is 0 Å². The molecular weight excluding hydrogens is 310 g/mol. The van der Waals surface area contributed by atoms with Crippen molar-refractivity contribution in [1.29, 1.82) is 0 Å². The van der Waals surface area contributed by atoms with Crippen LogP contribution in [0.3, 0.4) is 0 Å². The van der Waals surface area contributed by atoms with Crippen LogP contribution in [-0.4, -0.2) is 43.4 Å². The summed E-state index contributed by atoms with van der Waals surface area (Å²) in [6.07, 6.45) is 5.47. The van der Waals surface area contributed by atoms with E-state index in [0.717, 1.165) is 49.6 Å². The Labute approximate surface area is 141 Å². The first kappa shape index (κ1) is 15.6. The topological polar surface area (TPSA) is 38.8 Å². The quantitative estimate of drug-likeness (QED) is 0.834. The number of thiophene rings is 1. The van der Waals surface area contributed by atoms with Crippen LogP contribution >= 0.6 is 11.3 Å². The van der Waals surface area contributed by atoms with Crippen LogP contribution in [0.4, 0.5) is 0 Å². The van der Waals surface area contributed by atoms with E-state index in [0.29, 0.717) is 19.1 Å². The molecule has 0 spiro atoms. The number of piperidine rings is 1. The number of nitrogens with zero attached hydrogens (tertiary/aromatic N) is 1. The van der Waals surface area contributed by atoms with Gasteiger partial charge in [-0.1, -0.05) is 6.92 Å².